The molecule has 0 radical (unpaired) electrons. The highest BCUT2D eigenvalue weighted by Gasteiger charge is 2.35. The Hall–Kier alpha value is -1.75. The van der Waals surface area contributed by atoms with Crippen LogP contribution in [0.25, 0.3) is 0 Å². The lowest BCUT2D eigenvalue weighted by Gasteiger charge is -2.36. The molecule has 2 aromatic carbocycles. The Morgan fingerprint density at radius 2 is 1.93 bits per heavy atom. The molecule has 4 nitrogen and oxygen atoms in total. The fourth-order valence-electron chi connectivity index (χ4n) is 4.26. The van der Waals surface area contributed by atoms with Crippen LogP contribution in [0.15, 0.2) is 42.5 Å². The monoisotopic (exact) mass is 418 g/mol. The summed E-state index contributed by atoms with van der Waals surface area (Å²) in [5.74, 6) is 0.644. The molecule has 0 bridgehead atoms. The number of piperidine rings is 1. The van der Waals surface area contributed by atoms with E-state index in [2.05, 4.69) is 22.8 Å². The lowest BCUT2D eigenvalue weighted by Crippen LogP contribution is -2.50. The van der Waals surface area contributed by atoms with Crippen LogP contribution in [-0.2, 0) is 4.79 Å². The van der Waals surface area contributed by atoms with E-state index in [-0.39, 0.29) is 29.9 Å². The van der Waals surface area contributed by atoms with Crippen LogP contribution in [-0.4, -0.2) is 31.1 Å². The highest BCUT2D eigenvalue weighted by atomic mass is 35.5. The van der Waals surface area contributed by atoms with E-state index in [1.165, 1.54) is 5.56 Å². The van der Waals surface area contributed by atoms with Gasteiger partial charge in [0.1, 0.15) is 5.75 Å². The molecular formula is C22H24Cl2N2O2. The van der Waals surface area contributed by atoms with Gasteiger partial charge in [0.15, 0.2) is 0 Å². The highest BCUT2D eigenvalue weighted by Crippen LogP contribution is 2.41. The van der Waals surface area contributed by atoms with Crippen molar-refractivity contribution in [2.75, 3.05) is 13.1 Å². The summed E-state index contributed by atoms with van der Waals surface area (Å²) in [6.45, 7) is 3.73. The van der Waals surface area contributed by atoms with E-state index in [1.54, 1.807) is 12.1 Å². The summed E-state index contributed by atoms with van der Waals surface area (Å²) >= 11 is 12.4. The van der Waals surface area contributed by atoms with Gasteiger partial charge in [0, 0.05) is 30.1 Å². The van der Waals surface area contributed by atoms with E-state index in [1.807, 2.05) is 25.1 Å². The van der Waals surface area contributed by atoms with Crippen molar-refractivity contribution in [3.8, 4) is 5.75 Å². The number of hydrogen-bond acceptors (Lipinski definition) is 3. The normalized spacial score (nSPS) is 26.8. The topological polar surface area (TPSA) is 50.4 Å². The van der Waals surface area contributed by atoms with Crippen molar-refractivity contribution >= 4 is 29.1 Å². The molecule has 0 saturated carbocycles. The minimum absolute atomic E-state index is 0.0302. The van der Waals surface area contributed by atoms with Crippen molar-refractivity contribution in [1.29, 1.82) is 0 Å². The first-order valence-corrected chi connectivity index (χ1v) is 10.5. The van der Waals surface area contributed by atoms with E-state index >= 15 is 0 Å². The third kappa shape index (κ3) is 4.00. The van der Waals surface area contributed by atoms with E-state index in [0.717, 1.165) is 25.1 Å². The molecule has 2 N–H and O–H groups in total. The van der Waals surface area contributed by atoms with Gasteiger partial charge in [-0.25, -0.2) is 0 Å². The molecule has 2 aromatic rings. The molecule has 148 valence electrons. The first kappa shape index (κ1) is 19.6. The lowest BCUT2D eigenvalue weighted by atomic mass is 9.85. The smallest absolute Gasteiger partial charge is 0.228 e. The summed E-state index contributed by atoms with van der Waals surface area (Å²) in [5.41, 5.74) is 2.06. The molecule has 4 atom stereocenters. The molecule has 0 aromatic heterocycles. The van der Waals surface area contributed by atoms with Gasteiger partial charge < -0.3 is 15.4 Å². The molecule has 2 aliphatic rings. The second-order valence-electron chi connectivity index (χ2n) is 7.65. The molecule has 2 aliphatic heterocycles. The standard InChI is InChI=1S/C22H24Cl2N2O2/c1-13-9-16(15-10-18(23)19(24)11-21(15)28-13)22(27)26-20-7-8-25-12-17(20)14-5-3-2-4-6-14/h2-6,10-11,13,16-17,20,25H,7-9,12H2,1H3,(H,26,27). The average Bonchev–Trinajstić information content (AvgIpc) is 2.70. The molecule has 1 amide bonds. The largest absolute Gasteiger partial charge is 0.490 e. The zero-order valence-electron chi connectivity index (χ0n) is 15.8. The van der Waals surface area contributed by atoms with Crippen molar-refractivity contribution in [2.24, 2.45) is 0 Å². The van der Waals surface area contributed by atoms with Crippen LogP contribution in [0.4, 0.5) is 0 Å². The Morgan fingerprint density at radius 3 is 2.71 bits per heavy atom. The van der Waals surface area contributed by atoms with Crippen molar-refractivity contribution in [2.45, 2.75) is 43.7 Å². The van der Waals surface area contributed by atoms with Crippen LogP contribution in [0.3, 0.4) is 0 Å². The number of hydrogen-bond donors (Lipinski definition) is 2. The Labute approximate surface area is 175 Å². The number of carbonyl (C=O) groups is 1. The Morgan fingerprint density at radius 1 is 1.18 bits per heavy atom. The molecule has 0 aliphatic carbocycles. The molecule has 4 rings (SSSR count). The first-order chi connectivity index (χ1) is 13.5. The van der Waals surface area contributed by atoms with Crippen LogP contribution < -0.4 is 15.4 Å². The zero-order chi connectivity index (χ0) is 19.7. The van der Waals surface area contributed by atoms with Gasteiger partial charge in [-0.2, -0.15) is 0 Å². The second kappa shape index (κ2) is 8.32. The van der Waals surface area contributed by atoms with E-state index in [9.17, 15) is 4.79 Å². The van der Waals surface area contributed by atoms with Crippen LogP contribution in [0, 0.1) is 0 Å². The maximum atomic E-state index is 13.3. The molecule has 4 unspecified atom stereocenters. The minimum atomic E-state index is -0.292. The third-order valence-corrected chi connectivity index (χ3v) is 6.40. The predicted octanol–water partition coefficient (Wildman–Crippen LogP) is 4.51. The molecule has 1 fully saturated rings. The van der Waals surface area contributed by atoms with Gasteiger partial charge >= 0.3 is 0 Å². The summed E-state index contributed by atoms with van der Waals surface area (Å²) in [6, 6.07) is 14.0. The number of fused-ring (bicyclic) bond motifs is 1. The lowest BCUT2D eigenvalue weighted by molar-refractivity contribution is -0.124. The van der Waals surface area contributed by atoms with Crippen molar-refractivity contribution < 1.29 is 9.53 Å². The first-order valence-electron chi connectivity index (χ1n) is 9.74. The fourth-order valence-corrected chi connectivity index (χ4v) is 4.58. The fraction of sp³-hybridized carbons (Fsp3) is 0.409. The number of halogens is 2. The predicted molar refractivity (Wildman–Crippen MR) is 113 cm³/mol. The van der Waals surface area contributed by atoms with Crippen molar-refractivity contribution in [3.63, 3.8) is 0 Å². The number of rotatable bonds is 3. The third-order valence-electron chi connectivity index (χ3n) is 5.68. The minimum Gasteiger partial charge on any atom is -0.490 e. The Bertz CT molecular complexity index is 859. The van der Waals surface area contributed by atoms with Crippen molar-refractivity contribution in [1.82, 2.24) is 10.6 Å². The summed E-state index contributed by atoms with van der Waals surface area (Å²) in [7, 11) is 0. The van der Waals surface area contributed by atoms with E-state index in [4.69, 9.17) is 27.9 Å². The molecule has 28 heavy (non-hydrogen) atoms. The van der Waals surface area contributed by atoms with E-state index < -0.39 is 0 Å². The maximum Gasteiger partial charge on any atom is 0.228 e. The Balaban J connectivity index is 1.57. The van der Waals surface area contributed by atoms with Gasteiger partial charge in [0.2, 0.25) is 5.91 Å². The number of nitrogens with one attached hydrogen (secondary N) is 2. The van der Waals surface area contributed by atoms with Gasteiger partial charge in [0.25, 0.3) is 0 Å². The van der Waals surface area contributed by atoms with Gasteiger partial charge in [-0.05, 0) is 37.9 Å². The maximum absolute atomic E-state index is 13.3. The van der Waals surface area contributed by atoms with E-state index in [0.29, 0.717) is 22.2 Å². The average molecular weight is 419 g/mol. The van der Waals surface area contributed by atoms with Crippen LogP contribution >= 0.6 is 23.2 Å². The molecule has 0 spiro atoms. The summed E-state index contributed by atoms with van der Waals surface area (Å²) < 4.78 is 5.90. The number of amides is 1. The van der Waals surface area contributed by atoms with Crippen molar-refractivity contribution in [3.05, 3.63) is 63.6 Å². The quantitative estimate of drug-likeness (QED) is 0.770. The second-order valence-corrected chi connectivity index (χ2v) is 8.46. The van der Waals surface area contributed by atoms with Crippen LogP contribution in [0.5, 0.6) is 5.75 Å². The summed E-state index contributed by atoms with van der Waals surface area (Å²) in [5, 5.41) is 7.66. The highest BCUT2D eigenvalue weighted by molar-refractivity contribution is 6.42. The van der Waals surface area contributed by atoms with Gasteiger partial charge in [0.05, 0.1) is 22.1 Å². The SMILES string of the molecule is CC1CC(C(=O)NC2CCNCC2c2ccccc2)c2cc(Cl)c(Cl)cc2O1. The Kier molecular flexibility index (Phi) is 5.81. The molecular weight excluding hydrogens is 395 g/mol. The van der Waals surface area contributed by atoms with Crippen LogP contribution in [0.2, 0.25) is 10.0 Å². The molecule has 1 saturated heterocycles. The molecule has 6 heteroatoms. The zero-order valence-corrected chi connectivity index (χ0v) is 17.3. The van der Waals surface area contributed by atoms with Crippen LogP contribution in [0.1, 0.15) is 42.7 Å². The summed E-state index contributed by atoms with van der Waals surface area (Å²) in [4.78, 5) is 13.3. The molecule has 2 heterocycles. The van der Waals surface area contributed by atoms with Gasteiger partial charge in [-0.1, -0.05) is 53.5 Å². The number of carbonyl (C=O) groups excluding carboxylic acids is 1. The van der Waals surface area contributed by atoms with Gasteiger partial charge in [-0.3, -0.25) is 4.79 Å². The number of ether oxygens (including phenoxy) is 1. The van der Waals surface area contributed by atoms with Gasteiger partial charge in [-0.15, -0.1) is 0 Å². The summed E-state index contributed by atoms with van der Waals surface area (Å²) in [6.07, 6.45) is 1.47. The number of benzene rings is 2.